The monoisotopic (exact) mass is 273 g/mol. The van der Waals surface area contributed by atoms with Crippen LogP contribution in [0.4, 0.5) is 5.69 Å². The van der Waals surface area contributed by atoms with Gasteiger partial charge >= 0.3 is 5.97 Å². The van der Waals surface area contributed by atoms with Crippen LogP contribution < -0.4 is 5.32 Å². The predicted molar refractivity (Wildman–Crippen MR) is 77.1 cm³/mol. The van der Waals surface area contributed by atoms with Gasteiger partial charge in [0, 0.05) is 5.69 Å². The molecule has 0 unspecified atom stereocenters. The van der Waals surface area contributed by atoms with E-state index < -0.39 is 6.10 Å². The van der Waals surface area contributed by atoms with Gasteiger partial charge in [0.2, 0.25) is 0 Å². The molecule has 106 valence electrons. The largest absolute Gasteiger partial charge is 0.453 e. The maximum atomic E-state index is 11.9. The van der Waals surface area contributed by atoms with Crippen molar-refractivity contribution in [3.8, 4) is 0 Å². The molecule has 0 saturated carbocycles. The van der Waals surface area contributed by atoms with Crippen LogP contribution in [0, 0.1) is 5.92 Å². The van der Waals surface area contributed by atoms with Gasteiger partial charge in [-0.1, -0.05) is 30.4 Å². The van der Waals surface area contributed by atoms with Crippen molar-refractivity contribution in [3.63, 3.8) is 0 Å². The molecule has 4 heteroatoms. The van der Waals surface area contributed by atoms with E-state index in [4.69, 9.17) is 4.74 Å². The first-order chi connectivity index (χ1) is 9.65. The molecule has 0 radical (unpaired) electrons. The number of benzene rings is 1. The van der Waals surface area contributed by atoms with Crippen LogP contribution >= 0.6 is 0 Å². The number of allylic oxidation sites excluding steroid dienone is 2. The van der Waals surface area contributed by atoms with E-state index in [-0.39, 0.29) is 17.8 Å². The van der Waals surface area contributed by atoms with Gasteiger partial charge in [-0.2, -0.15) is 0 Å². The molecule has 0 spiro atoms. The van der Waals surface area contributed by atoms with E-state index in [9.17, 15) is 9.59 Å². The molecule has 1 aromatic rings. The fourth-order valence-corrected chi connectivity index (χ4v) is 2.14. The SMILES string of the molecule is C[C@H](OC(=O)C[C@@H]1C=CCC1)C(=O)Nc1ccccc1. The third-order valence-corrected chi connectivity index (χ3v) is 3.26. The van der Waals surface area contributed by atoms with Gasteiger partial charge in [-0.15, -0.1) is 0 Å². The van der Waals surface area contributed by atoms with Crippen molar-refractivity contribution >= 4 is 17.6 Å². The summed E-state index contributed by atoms with van der Waals surface area (Å²) in [6.45, 7) is 1.58. The van der Waals surface area contributed by atoms with Crippen molar-refractivity contribution in [2.45, 2.75) is 32.3 Å². The third-order valence-electron chi connectivity index (χ3n) is 3.26. The number of carbonyl (C=O) groups excluding carboxylic acids is 2. The van der Waals surface area contributed by atoms with E-state index in [1.807, 2.05) is 24.3 Å². The lowest BCUT2D eigenvalue weighted by Crippen LogP contribution is -2.30. The van der Waals surface area contributed by atoms with E-state index in [1.54, 1.807) is 19.1 Å². The molecule has 0 heterocycles. The molecule has 1 amide bonds. The van der Waals surface area contributed by atoms with Crippen LogP contribution in [-0.2, 0) is 14.3 Å². The molecule has 0 saturated heterocycles. The molecular weight excluding hydrogens is 254 g/mol. The maximum Gasteiger partial charge on any atom is 0.307 e. The number of amides is 1. The fourth-order valence-electron chi connectivity index (χ4n) is 2.14. The molecule has 2 rings (SSSR count). The average molecular weight is 273 g/mol. The molecule has 4 nitrogen and oxygen atoms in total. The molecule has 1 aliphatic rings. The van der Waals surface area contributed by atoms with Gasteiger partial charge in [-0.05, 0) is 37.8 Å². The van der Waals surface area contributed by atoms with Crippen LogP contribution in [0.2, 0.25) is 0 Å². The molecule has 1 aliphatic carbocycles. The lowest BCUT2D eigenvalue weighted by Gasteiger charge is -2.14. The molecule has 1 aromatic carbocycles. The van der Waals surface area contributed by atoms with E-state index >= 15 is 0 Å². The standard InChI is InChI=1S/C16H19NO3/c1-12(16(19)17-14-9-3-2-4-10-14)20-15(18)11-13-7-5-6-8-13/h2-5,7,9-10,12-13H,6,8,11H2,1H3,(H,17,19)/t12-,13+/m0/s1. The summed E-state index contributed by atoms with van der Waals surface area (Å²) < 4.78 is 5.16. The highest BCUT2D eigenvalue weighted by Crippen LogP contribution is 2.21. The molecule has 0 fully saturated rings. The highest BCUT2D eigenvalue weighted by atomic mass is 16.5. The first kappa shape index (κ1) is 14.3. The number of rotatable bonds is 5. The van der Waals surface area contributed by atoms with Crippen molar-refractivity contribution in [1.82, 2.24) is 0 Å². The number of anilines is 1. The van der Waals surface area contributed by atoms with E-state index in [1.165, 1.54) is 0 Å². The Kier molecular flexibility index (Phi) is 4.93. The lowest BCUT2D eigenvalue weighted by molar-refractivity contribution is -0.153. The van der Waals surface area contributed by atoms with Gasteiger partial charge in [0.05, 0.1) is 6.42 Å². The molecular formula is C16H19NO3. The Morgan fingerprint density at radius 1 is 1.35 bits per heavy atom. The molecule has 0 aliphatic heterocycles. The summed E-state index contributed by atoms with van der Waals surface area (Å²) in [5.41, 5.74) is 0.694. The summed E-state index contributed by atoms with van der Waals surface area (Å²) >= 11 is 0. The minimum Gasteiger partial charge on any atom is -0.453 e. The summed E-state index contributed by atoms with van der Waals surface area (Å²) in [5.74, 6) is -0.379. The Morgan fingerprint density at radius 2 is 2.10 bits per heavy atom. The second-order valence-corrected chi connectivity index (χ2v) is 4.96. The summed E-state index contributed by atoms with van der Waals surface area (Å²) in [7, 11) is 0. The van der Waals surface area contributed by atoms with Crippen LogP contribution in [0.1, 0.15) is 26.2 Å². The van der Waals surface area contributed by atoms with Crippen molar-refractivity contribution in [1.29, 1.82) is 0 Å². The second kappa shape index (κ2) is 6.89. The maximum absolute atomic E-state index is 11.9. The first-order valence-electron chi connectivity index (χ1n) is 6.87. The number of carbonyl (C=O) groups is 2. The Hall–Kier alpha value is -2.10. The van der Waals surface area contributed by atoms with Gasteiger partial charge < -0.3 is 10.1 Å². The summed E-state index contributed by atoms with van der Waals surface area (Å²) in [6.07, 6.45) is 5.67. The van der Waals surface area contributed by atoms with E-state index in [2.05, 4.69) is 11.4 Å². The average Bonchev–Trinajstić information content (AvgIpc) is 2.92. The van der Waals surface area contributed by atoms with Crippen molar-refractivity contribution in [2.75, 3.05) is 5.32 Å². The van der Waals surface area contributed by atoms with Gasteiger partial charge in [0.1, 0.15) is 0 Å². The molecule has 1 N–H and O–H groups in total. The number of esters is 1. The Labute approximate surface area is 118 Å². The molecule has 20 heavy (non-hydrogen) atoms. The minimum absolute atomic E-state index is 0.256. The van der Waals surface area contributed by atoms with Crippen molar-refractivity contribution in [2.24, 2.45) is 5.92 Å². The third kappa shape index (κ3) is 4.23. The quantitative estimate of drug-likeness (QED) is 0.663. The number of hydrogen-bond donors (Lipinski definition) is 1. The fraction of sp³-hybridized carbons (Fsp3) is 0.375. The summed E-state index contributed by atoms with van der Waals surface area (Å²) in [6, 6.07) is 9.11. The van der Waals surface area contributed by atoms with Crippen LogP contribution in [-0.4, -0.2) is 18.0 Å². The molecule has 0 aromatic heterocycles. The van der Waals surface area contributed by atoms with Gasteiger partial charge in [0.15, 0.2) is 6.10 Å². The van der Waals surface area contributed by atoms with Crippen LogP contribution in [0.15, 0.2) is 42.5 Å². The number of ether oxygens (including phenoxy) is 1. The van der Waals surface area contributed by atoms with Gasteiger partial charge in [-0.3, -0.25) is 9.59 Å². The van der Waals surface area contributed by atoms with Crippen LogP contribution in [0.25, 0.3) is 0 Å². The van der Waals surface area contributed by atoms with Crippen LogP contribution in [0.5, 0.6) is 0 Å². The number of hydrogen-bond acceptors (Lipinski definition) is 3. The van der Waals surface area contributed by atoms with Gasteiger partial charge in [0.25, 0.3) is 5.91 Å². The molecule has 0 bridgehead atoms. The minimum atomic E-state index is -0.784. The Bertz CT molecular complexity index is 496. The molecule has 2 atom stereocenters. The van der Waals surface area contributed by atoms with Crippen molar-refractivity contribution < 1.29 is 14.3 Å². The zero-order valence-corrected chi connectivity index (χ0v) is 11.5. The second-order valence-electron chi connectivity index (χ2n) is 4.96. The summed E-state index contributed by atoms with van der Waals surface area (Å²) in [4.78, 5) is 23.6. The van der Waals surface area contributed by atoms with E-state index in [0.717, 1.165) is 12.8 Å². The van der Waals surface area contributed by atoms with E-state index in [0.29, 0.717) is 12.1 Å². The lowest BCUT2D eigenvalue weighted by atomic mass is 10.1. The normalized spacial score (nSPS) is 18.6. The van der Waals surface area contributed by atoms with Gasteiger partial charge in [-0.25, -0.2) is 0 Å². The topological polar surface area (TPSA) is 55.4 Å². The van der Waals surface area contributed by atoms with Crippen LogP contribution in [0.3, 0.4) is 0 Å². The Balaban J connectivity index is 1.78. The van der Waals surface area contributed by atoms with Crippen molar-refractivity contribution in [3.05, 3.63) is 42.5 Å². The summed E-state index contributed by atoms with van der Waals surface area (Å²) in [5, 5.41) is 2.71. The Morgan fingerprint density at radius 3 is 2.75 bits per heavy atom. The number of para-hydroxylation sites is 1. The zero-order chi connectivity index (χ0) is 14.4. The highest BCUT2D eigenvalue weighted by molar-refractivity contribution is 5.95. The first-order valence-corrected chi connectivity index (χ1v) is 6.87. The number of nitrogens with one attached hydrogen (secondary N) is 1. The smallest absolute Gasteiger partial charge is 0.307 e. The predicted octanol–water partition coefficient (Wildman–Crippen LogP) is 2.91. The zero-order valence-electron chi connectivity index (χ0n) is 11.5. The highest BCUT2D eigenvalue weighted by Gasteiger charge is 2.20.